The summed E-state index contributed by atoms with van der Waals surface area (Å²) in [6.07, 6.45) is 0.723. The molecule has 0 fully saturated rings. The summed E-state index contributed by atoms with van der Waals surface area (Å²) in [6, 6.07) is -0.337. The Hall–Kier alpha value is -1.43. The van der Waals surface area contributed by atoms with E-state index in [1.807, 2.05) is 13.8 Å². The minimum absolute atomic E-state index is 0.126. The van der Waals surface area contributed by atoms with E-state index in [-0.39, 0.29) is 17.8 Å². The molecule has 0 spiro atoms. The van der Waals surface area contributed by atoms with E-state index in [0.717, 1.165) is 6.42 Å². The lowest BCUT2D eigenvalue weighted by atomic mass is 10.0. The van der Waals surface area contributed by atoms with Crippen LogP contribution < -0.4 is 11.5 Å². The Kier molecular flexibility index (Phi) is 3.19. The summed E-state index contributed by atoms with van der Waals surface area (Å²) in [4.78, 5) is 14.4. The van der Waals surface area contributed by atoms with Crippen LogP contribution in [0.3, 0.4) is 0 Å². The van der Waals surface area contributed by atoms with Gasteiger partial charge < -0.3 is 16.0 Å². The van der Waals surface area contributed by atoms with E-state index in [1.54, 1.807) is 0 Å². The molecular formula is C8H14N4O2. The van der Waals surface area contributed by atoms with Crippen LogP contribution in [0.1, 0.15) is 42.8 Å². The third-order valence-electron chi connectivity index (χ3n) is 1.70. The lowest BCUT2D eigenvalue weighted by Crippen LogP contribution is -2.15. The van der Waals surface area contributed by atoms with Gasteiger partial charge in [0.2, 0.25) is 5.89 Å². The molecule has 4 N–H and O–H groups in total. The topological polar surface area (TPSA) is 108 Å². The molecule has 78 valence electrons. The van der Waals surface area contributed by atoms with Gasteiger partial charge in [-0.3, -0.25) is 4.79 Å². The van der Waals surface area contributed by atoms with Crippen molar-refractivity contribution in [3.8, 4) is 0 Å². The summed E-state index contributed by atoms with van der Waals surface area (Å²) in [5.41, 5.74) is 10.7. The Bertz CT molecular complexity index is 321. The number of nitrogens with zero attached hydrogens (tertiary/aromatic N) is 2. The molecule has 1 amide bonds. The van der Waals surface area contributed by atoms with Crippen molar-refractivity contribution < 1.29 is 9.32 Å². The fourth-order valence-corrected chi connectivity index (χ4v) is 1.09. The number of nitrogens with two attached hydrogens (primary N) is 2. The molecule has 0 aliphatic carbocycles. The van der Waals surface area contributed by atoms with E-state index in [9.17, 15) is 4.79 Å². The van der Waals surface area contributed by atoms with Gasteiger partial charge in [0, 0.05) is 0 Å². The van der Waals surface area contributed by atoms with Crippen LogP contribution in [0.25, 0.3) is 0 Å². The number of aromatic nitrogens is 2. The molecule has 6 heteroatoms. The smallest absolute Gasteiger partial charge is 0.290 e. The predicted molar refractivity (Wildman–Crippen MR) is 49.2 cm³/mol. The fraction of sp³-hybridized carbons (Fsp3) is 0.625. The number of carbonyl (C=O) groups is 1. The molecule has 14 heavy (non-hydrogen) atoms. The number of hydrogen-bond acceptors (Lipinski definition) is 5. The first-order chi connectivity index (χ1) is 6.50. The largest absolute Gasteiger partial charge is 0.363 e. The van der Waals surface area contributed by atoms with E-state index in [1.165, 1.54) is 0 Å². The summed E-state index contributed by atoms with van der Waals surface area (Å²) in [7, 11) is 0. The first kappa shape index (κ1) is 10.6. The number of rotatable bonds is 4. The third kappa shape index (κ3) is 2.53. The fourth-order valence-electron chi connectivity index (χ4n) is 1.09. The quantitative estimate of drug-likeness (QED) is 0.719. The van der Waals surface area contributed by atoms with Crippen molar-refractivity contribution in [1.29, 1.82) is 0 Å². The molecule has 0 radical (unpaired) electrons. The van der Waals surface area contributed by atoms with Gasteiger partial charge in [0.05, 0.1) is 6.04 Å². The second-order valence-corrected chi connectivity index (χ2v) is 3.56. The minimum atomic E-state index is -0.711. The molecule has 1 aromatic heterocycles. The highest BCUT2D eigenvalue weighted by Crippen LogP contribution is 2.16. The van der Waals surface area contributed by atoms with E-state index >= 15 is 0 Å². The first-order valence-electron chi connectivity index (χ1n) is 4.39. The van der Waals surface area contributed by atoms with Crippen molar-refractivity contribution in [3.05, 3.63) is 11.7 Å². The summed E-state index contributed by atoms with van der Waals surface area (Å²) < 4.78 is 4.80. The van der Waals surface area contributed by atoms with Gasteiger partial charge in [-0.25, -0.2) is 0 Å². The van der Waals surface area contributed by atoms with Crippen LogP contribution in [0.4, 0.5) is 0 Å². The highest BCUT2D eigenvalue weighted by Gasteiger charge is 2.17. The van der Waals surface area contributed by atoms with E-state index in [2.05, 4.69) is 10.1 Å². The number of amides is 1. The first-order valence-corrected chi connectivity index (χ1v) is 4.39. The Balaban J connectivity index is 2.71. The molecule has 6 nitrogen and oxygen atoms in total. The molecule has 0 aliphatic heterocycles. The van der Waals surface area contributed by atoms with Crippen molar-refractivity contribution >= 4 is 5.91 Å². The van der Waals surface area contributed by atoms with Crippen molar-refractivity contribution in [3.63, 3.8) is 0 Å². The van der Waals surface area contributed by atoms with Gasteiger partial charge in [-0.15, -0.1) is 0 Å². The molecule has 1 heterocycles. The van der Waals surface area contributed by atoms with Crippen LogP contribution in [0, 0.1) is 5.92 Å². The van der Waals surface area contributed by atoms with Gasteiger partial charge in [0.25, 0.3) is 11.7 Å². The van der Waals surface area contributed by atoms with Crippen LogP contribution in [0.5, 0.6) is 0 Å². The molecule has 0 bridgehead atoms. The van der Waals surface area contributed by atoms with E-state index in [4.69, 9.17) is 16.0 Å². The van der Waals surface area contributed by atoms with Crippen molar-refractivity contribution in [2.45, 2.75) is 26.3 Å². The summed E-state index contributed by atoms with van der Waals surface area (Å²) >= 11 is 0. The molecular weight excluding hydrogens is 184 g/mol. The number of carbonyl (C=O) groups excluding carboxylic acids is 1. The SMILES string of the molecule is CC(C)C[C@@H](N)c1nc(C(N)=O)no1. The molecule has 0 aliphatic rings. The molecule has 0 unspecified atom stereocenters. The average Bonchev–Trinajstić information content (AvgIpc) is 2.50. The van der Waals surface area contributed by atoms with Crippen LogP contribution in [-0.2, 0) is 0 Å². The normalized spacial score (nSPS) is 13.1. The molecule has 1 aromatic rings. The number of primary amides is 1. The Labute approximate surface area is 81.6 Å². The monoisotopic (exact) mass is 198 g/mol. The van der Waals surface area contributed by atoms with Crippen LogP contribution >= 0.6 is 0 Å². The van der Waals surface area contributed by atoms with Crippen molar-refractivity contribution in [2.24, 2.45) is 17.4 Å². The van der Waals surface area contributed by atoms with Gasteiger partial charge in [-0.1, -0.05) is 19.0 Å². The lowest BCUT2D eigenvalue weighted by Gasteiger charge is -2.08. The Morgan fingerprint density at radius 3 is 2.64 bits per heavy atom. The summed E-state index contributed by atoms with van der Waals surface area (Å²) in [5, 5.41) is 3.40. The second kappa shape index (κ2) is 4.19. The predicted octanol–water partition coefficient (Wildman–Crippen LogP) is 0.214. The van der Waals surface area contributed by atoms with Gasteiger partial charge in [0.15, 0.2) is 0 Å². The van der Waals surface area contributed by atoms with Gasteiger partial charge in [-0.05, 0) is 12.3 Å². The Morgan fingerprint density at radius 1 is 1.57 bits per heavy atom. The molecule has 1 atom stereocenters. The molecule has 0 aromatic carbocycles. The highest BCUT2D eigenvalue weighted by atomic mass is 16.5. The zero-order valence-corrected chi connectivity index (χ0v) is 8.23. The molecule has 0 saturated heterocycles. The lowest BCUT2D eigenvalue weighted by molar-refractivity contribution is 0.0987. The standard InChI is InChI=1S/C8H14N4O2/c1-4(2)3-5(9)8-11-7(6(10)13)12-14-8/h4-5H,3,9H2,1-2H3,(H2,10,13)/t5-/m1/s1. The van der Waals surface area contributed by atoms with Gasteiger partial charge in [0.1, 0.15) is 0 Å². The zero-order chi connectivity index (χ0) is 10.7. The van der Waals surface area contributed by atoms with Gasteiger partial charge >= 0.3 is 0 Å². The van der Waals surface area contributed by atoms with E-state index in [0.29, 0.717) is 5.92 Å². The van der Waals surface area contributed by atoms with Crippen LogP contribution in [-0.4, -0.2) is 16.0 Å². The zero-order valence-electron chi connectivity index (χ0n) is 8.23. The van der Waals surface area contributed by atoms with Crippen molar-refractivity contribution in [1.82, 2.24) is 10.1 Å². The summed E-state index contributed by atoms with van der Waals surface area (Å²) in [5.74, 6) is -0.155. The third-order valence-corrected chi connectivity index (χ3v) is 1.70. The minimum Gasteiger partial charge on any atom is -0.363 e. The van der Waals surface area contributed by atoms with Crippen molar-refractivity contribution in [2.75, 3.05) is 0 Å². The maximum Gasteiger partial charge on any atom is 0.290 e. The van der Waals surface area contributed by atoms with Crippen LogP contribution in [0.2, 0.25) is 0 Å². The maximum atomic E-state index is 10.7. The average molecular weight is 198 g/mol. The van der Waals surface area contributed by atoms with Crippen LogP contribution in [0.15, 0.2) is 4.52 Å². The number of hydrogen-bond donors (Lipinski definition) is 2. The molecule has 0 saturated carbocycles. The second-order valence-electron chi connectivity index (χ2n) is 3.56. The Morgan fingerprint density at radius 2 is 2.21 bits per heavy atom. The van der Waals surface area contributed by atoms with E-state index < -0.39 is 5.91 Å². The maximum absolute atomic E-state index is 10.7. The molecule has 1 rings (SSSR count). The highest BCUT2D eigenvalue weighted by molar-refractivity contribution is 5.88. The summed E-state index contributed by atoms with van der Waals surface area (Å²) in [6.45, 7) is 4.07. The van der Waals surface area contributed by atoms with Gasteiger partial charge in [-0.2, -0.15) is 4.98 Å².